The van der Waals surface area contributed by atoms with E-state index < -0.39 is 29.5 Å². The lowest BCUT2D eigenvalue weighted by atomic mass is 9.74. The third kappa shape index (κ3) is 7.19. The standard InChI is InChI=1S/C36H48N4O5/c1-25(2)23-39(34(42)31-21-27-13-9-10-14-29(27)38(31)16-15-26-11-7-6-8-12-26)30-22-28(33(41)37-17-19-45-20-18-37)24-40(35(43)44)32(30)36(3,4)5/h6-14,21,25,28,30,32H,15-20,22-24H2,1-5H3,(H,43,44)/t28-,30+,32?/m1/s1. The number of aromatic nitrogens is 1. The highest BCUT2D eigenvalue weighted by atomic mass is 16.5. The molecule has 2 aliphatic heterocycles. The van der Waals surface area contributed by atoms with Crippen molar-refractivity contribution in [2.24, 2.45) is 17.3 Å². The monoisotopic (exact) mass is 616 g/mol. The van der Waals surface area contributed by atoms with Crippen molar-refractivity contribution in [2.75, 3.05) is 39.4 Å². The molecule has 3 amide bonds. The molecular weight excluding hydrogens is 568 g/mol. The molecular formula is C36H48N4O5. The molecule has 5 rings (SSSR count). The number of ether oxygens (including phenoxy) is 1. The predicted molar refractivity (Wildman–Crippen MR) is 175 cm³/mol. The van der Waals surface area contributed by atoms with Crippen molar-refractivity contribution in [2.45, 2.75) is 66.1 Å². The van der Waals surface area contributed by atoms with Crippen molar-refractivity contribution in [1.82, 2.24) is 19.3 Å². The lowest BCUT2D eigenvalue weighted by Gasteiger charge is -2.52. The first-order chi connectivity index (χ1) is 21.5. The van der Waals surface area contributed by atoms with Gasteiger partial charge in [0.05, 0.1) is 31.2 Å². The molecule has 45 heavy (non-hydrogen) atoms. The molecule has 3 aromatic rings. The van der Waals surface area contributed by atoms with Crippen molar-refractivity contribution < 1.29 is 24.2 Å². The van der Waals surface area contributed by atoms with Gasteiger partial charge in [-0.05, 0) is 41.9 Å². The van der Waals surface area contributed by atoms with E-state index in [1.165, 1.54) is 10.5 Å². The van der Waals surface area contributed by atoms with Crippen molar-refractivity contribution in [3.63, 3.8) is 0 Å². The first-order valence-electron chi connectivity index (χ1n) is 16.2. The second-order valence-corrected chi connectivity index (χ2v) is 14.0. The van der Waals surface area contributed by atoms with E-state index in [0.717, 1.165) is 17.3 Å². The Hall–Kier alpha value is -3.85. The van der Waals surface area contributed by atoms with Crippen LogP contribution >= 0.6 is 0 Å². The number of rotatable bonds is 8. The van der Waals surface area contributed by atoms with Gasteiger partial charge < -0.3 is 29.1 Å². The SMILES string of the molecule is CC(C)CN(C(=O)c1cc2ccccc2n1CCc1ccccc1)[C@H]1C[C@@H](C(=O)N2CCOCC2)CN(C(=O)O)C1C(C)(C)C. The Bertz CT molecular complexity index is 1490. The van der Waals surface area contributed by atoms with Crippen LogP contribution in [0.5, 0.6) is 0 Å². The third-order valence-corrected chi connectivity index (χ3v) is 9.17. The van der Waals surface area contributed by atoms with Gasteiger partial charge >= 0.3 is 6.09 Å². The summed E-state index contributed by atoms with van der Waals surface area (Å²) in [6, 6.07) is 19.3. The molecule has 3 atom stereocenters. The first kappa shape index (κ1) is 32.5. The molecule has 3 heterocycles. The quantitative estimate of drug-likeness (QED) is 0.354. The fourth-order valence-electron chi connectivity index (χ4n) is 7.24. The largest absolute Gasteiger partial charge is 0.465 e. The summed E-state index contributed by atoms with van der Waals surface area (Å²) in [6.07, 6.45) is 0.110. The summed E-state index contributed by atoms with van der Waals surface area (Å²) in [4.78, 5) is 46.7. The number of carboxylic acid groups (broad SMARTS) is 1. The number of morpholine rings is 1. The molecule has 0 bridgehead atoms. The van der Waals surface area contributed by atoms with Crippen LogP contribution in [0.1, 0.15) is 57.1 Å². The van der Waals surface area contributed by atoms with Crippen molar-refractivity contribution in [1.29, 1.82) is 0 Å². The second-order valence-electron chi connectivity index (χ2n) is 14.0. The van der Waals surface area contributed by atoms with Crippen LogP contribution in [0.15, 0.2) is 60.7 Å². The van der Waals surface area contributed by atoms with E-state index in [0.29, 0.717) is 51.5 Å². The maximum atomic E-state index is 14.9. The van der Waals surface area contributed by atoms with Gasteiger partial charge in [-0.2, -0.15) is 0 Å². The van der Waals surface area contributed by atoms with Gasteiger partial charge in [-0.1, -0.05) is 83.1 Å². The Labute approximate surface area is 266 Å². The Morgan fingerprint density at radius 3 is 2.31 bits per heavy atom. The van der Waals surface area contributed by atoms with Crippen molar-refractivity contribution in [3.05, 3.63) is 71.9 Å². The number of fused-ring (bicyclic) bond motifs is 1. The Kier molecular flexibility index (Phi) is 9.87. The molecule has 9 heteroatoms. The van der Waals surface area contributed by atoms with Crippen LogP contribution in [0.2, 0.25) is 0 Å². The maximum Gasteiger partial charge on any atom is 0.407 e. The summed E-state index contributed by atoms with van der Waals surface area (Å²) in [5.41, 5.74) is 2.29. The molecule has 0 spiro atoms. The minimum absolute atomic E-state index is 0.0594. The van der Waals surface area contributed by atoms with E-state index in [9.17, 15) is 19.5 Å². The maximum absolute atomic E-state index is 14.9. The molecule has 2 aromatic carbocycles. The average Bonchev–Trinajstić information content (AvgIpc) is 3.40. The normalized spacial score (nSPS) is 20.9. The number of carbonyl (C=O) groups excluding carboxylic acids is 2. The minimum atomic E-state index is -1.06. The molecule has 1 aromatic heterocycles. The molecule has 2 aliphatic rings. The molecule has 242 valence electrons. The second kappa shape index (κ2) is 13.6. The third-order valence-electron chi connectivity index (χ3n) is 9.17. The average molecular weight is 617 g/mol. The summed E-state index contributed by atoms with van der Waals surface area (Å²) in [5, 5.41) is 11.5. The molecule has 9 nitrogen and oxygen atoms in total. The zero-order valence-corrected chi connectivity index (χ0v) is 27.3. The van der Waals surface area contributed by atoms with Gasteiger partial charge in [-0.15, -0.1) is 0 Å². The van der Waals surface area contributed by atoms with Crippen LogP contribution in [0.25, 0.3) is 10.9 Å². The summed E-state index contributed by atoms with van der Waals surface area (Å²) in [6.45, 7) is 13.4. The number of likely N-dealkylation sites (tertiary alicyclic amines) is 1. The van der Waals surface area contributed by atoms with E-state index in [1.807, 2.05) is 74.2 Å². The van der Waals surface area contributed by atoms with E-state index >= 15 is 0 Å². The number of hydrogen-bond donors (Lipinski definition) is 1. The van der Waals surface area contributed by atoms with Gasteiger partial charge in [0, 0.05) is 43.6 Å². The summed E-state index contributed by atoms with van der Waals surface area (Å²) in [5.74, 6) is -0.604. The van der Waals surface area contributed by atoms with Crippen LogP contribution in [-0.2, 0) is 22.5 Å². The van der Waals surface area contributed by atoms with Crippen LogP contribution in [0.4, 0.5) is 4.79 Å². The zero-order chi connectivity index (χ0) is 32.3. The highest BCUT2D eigenvalue weighted by molar-refractivity contribution is 5.99. The van der Waals surface area contributed by atoms with Crippen LogP contribution < -0.4 is 0 Å². The van der Waals surface area contributed by atoms with Gasteiger partial charge in [0.15, 0.2) is 0 Å². The van der Waals surface area contributed by atoms with E-state index in [-0.39, 0.29) is 24.3 Å². The number of para-hydroxylation sites is 1. The predicted octanol–water partition coefficient (Wildman–Crippen LogP) is 5.62. The molecule has 0 saturated carbocycles. The topological polar surface area (TPSA) is 95.3 Å². The number of benzene rings is 2. The highest BCUT2D eigenvalue weighted by Gasteiger charge is 2.50. The van der Waals surface area contributed by atoms with Crippen LogP contribution in [0.3, 0.4) is 0 Å². The molecule has 1 N–H and O–H groups in total. The number of carbonyl (C=O) groups is 3. The van der Waals surface area contributed by atoms with Gasteiger partial charge in [0.1, 0.15) is 5.69 Å². The molecule has 1 unspecified atom stereocenters. The number of hydrogen-bond acceptors (Lipinski definition) is 4. The van der Waals surface area contributed by atoms with Crippen LogP contribution in [-0.4, -0.2) is 93.8 Å². The fourth-order valence-corrected chi connectivity index (χ4v) is 7.24. The van der Waals surface area contributed by atoms with Crippen molar-refractivity contribution >= 4 is 28.8 Å². The van der Waals surface area contributed by atoms with E-state index in [1.54, 1.807) is 4.90 Å². The number of amides is 3. The van der Waals surface area contributed by atoms with Crippen molar-refractivity contribution in [3.8, 4) is 0 Å². The Morgan fingerprint density at radius 1 is 1.00 bits per heavy atom. The number of piperidine rings is 1. The molecule has 0 aliphatic carbocycles. The summed E-state index contributed by atoms with van der Waals surface area (Å²) >= 11 is 0. The van der Waals surface area contributed by atoms with Gasteiger partial charge in [0.2, 0.25) is 5.91 Å². The summed E-state index contributed by atoms with van der Waals surface area (Å²) in [7, 11) is 0. The Balaban J connectivity index is 1.57. The summed E-state index contributed by atoms with van der Waals surface area (Å²) < 4.78 is 7.58. The zero-order valence-electron chi connectivity index (χ0n) is 27.3. The lowest BCUT2D eigenvalue weighted by molar-refractivity contribution is -0.144. The number of nitrogens with zero attached hydrogens (tertiary/aromatic N) is 4. The smallest absolute Gasteiger partial charge is 0.407 e. The van der Waals surface area contributed by atoms with E-state index in [4.69, 9.17) is 4.74 Å². The Morgan fingerprint density at radius 2 is 1.67 bits per heavy atom. The van der Waals surface area contributed by atoms with Gasteiger partial charge in [-0.25, -0.2) is 4.79 Å². The van der Waals surface area contributed by atoms with Crippen LogP contribution in [0, 0.1) is 17.3 Å². The van der Waals surface area contributed by atoms with Gasteiger partial charge in [-0.3, -0.25) is 9.59 Å². The molecule has 2 fully saturated rings. The van der Waals surface area contributed by atoms with E-state index in [2.05, 4.69) is 30.5 Å². The first-order valence-corrected chi connectivity index (χ1v) is 16.2. The number of aryl methyl sites for hydroxylation is 2. The minimum Gasteiger partial charge on any atom is -0.465 e. The lowest BCUT2D eigenvalue weighted by Crippen LogP contribution is -2.66. The fraction of sp³-hybridized carbons (Fsp3) is 0.528. The van der Waals surface area contributed by atoms with Gasteiger partial charge in [0.25, 0.3) is 5.91 Å². The molecule has 0 radical (unpaired) electrons. The molecule has 2 saturated heterocycles. The highest BCUT2D eigenvalue weighted by Crippen LogP contribution is 2.39.